The number of alkyl halides is 3. The van der Waals surface area contributed by atoms with Crippen LogP contribution in [0.3, 0.4) is 0 Å². The van der Waals surface area contributed by atoms with Crippen molar-refractivity contribution in [3.63, 3.8) is 0 Å². The summed E-state index contributed by atoms with van der Waals surface area (Å²) >= 11 is 0. The highest BCUT2D eigenvalue weighted by atomic mass is 32.2. The third kappa shape index (κ3) is 9.23. The number of halogens is 3. The number of nitrogens with one attached hydrogen (secondary N) is 1. The van der Waals surface area contributed by atoms with E-state index in [1.165, 1.54) is 42.6 Å². The number of hydrogen-bond donors (Lipinski definition) is 1. The van der Waals surface area contributed by atoms with Gasteiger partial charge in [-0.15, -0.1) is 0 Å². The highest BCUT2D eigenvalue weighted by molar-refractivity contribution is 7.85. The van der Waals surface area contributed by atoms with Gasteiger partial charge in [-0.1, -0.05) is 24.3 Å². The van der Waals surface area contributed by atoms with Crippen molar-refractivity contribution in [2.45, 2.75) is 44.3 Å². The Labute approximate surface area is 299 Å². The molecule has 0 saturated carbocycles. The molecule has 0 radical (unpaired) electrons. The van der Waals surface area contributed by atoms with Gasteiger partial charge in [0.1, 0.15) is 15.8 Å². The molecule has 0 aliphatic carbocycles. The van der Waals surface area contributed by atoms with Crippen molar-refractivity contribution in [3.8, 4) is 28.8 Å². The van der Waals surface area contributed by atoms with Crippen LogP contribution in [0.1, 0.15) is 36.2 Å². The van der Waals surface area contributed by atoms with E-state index in [-0.39, 0.29) is 28.0 Å². The number of rotatable bonds is 8. The molecule has 0 bridgehead atoms. The van der Waals surface area contributed by atoms with E-state index in [9.17, 15) is 41.0 Å². The summed E-state index contributed by atoms with van der Waals surface area (Å²) in [7, 11) is 1.91. The second-order valence-electron chi connectivity index (χ2n) is 13.2. The molecule has 0 saturated heterocycles. The minimum atomic E-state index is -4.62. The predicted octanol–water partition coefficient (Wildman–Crippen LogP) is 5.50. The van der Waals surface area contributed by atoms with Crippen LogP contribution < -0.4 is 11.0 Å². The lowest BCUT2D eigenvalue weighted by atomic mass is 10.0. The van der Waals surface area contributed by atoms with Gasteiger partial charge in [0.25, 0.3) is 0 Å². The first-order chi connectivity index (χ1) is 24.2. The molecule has 2 heterocycles. The molecule has 274 valence electrons. The Morgan fingerprint density at radius 2 is 1.69 bits per heavy atom. The molecular formula is C36H38F3N7O5S. The maximum atomic E-state index is 13.8. The molecule has 1 N–H and O–H groups in total. The molecule has 0 atom stereocenters. The molecule has 0 aliphatic rings. The molecule has 0 fully saturated rings. The molecule has 3 aromatic carbocycles. The van der Waals surface area contributed by atoms with E-state index in [1.54, 1.807) is 55.8 Å². The van der Waals surface area contributed by atoms with E-state index in [0.29, 0.717) is 27.8 Å². The molecule has 52 heavy (non-hydrogen) atoms. The van der Waals surface area contributed by atoms with Gasteiger partial charge in [-0.2, -0.15) is 23.5 Å². The van der Waals surface area contributed by atoms with Crippen LogP contribution in [-0.2, 0) is 22.7 Å². The SMILES string of the molecule is Cc1c(-c2ccnn2-c2ccc(C#N)cc2CC[N+](C)(C)C)n(C(=O)NC(C)C)c(=O)n1-c1cccc(C(F)(F)F)c1.O=S(=O)([O-])c1ccccc1. The van der Waals surface area contributed by atoms with E-state index in [1.807, 2.05) is 0 Å². The van der Waals surface area contributed by atoms with Crippen LogP contribution in [0.15, 0.2) is 94.7 Å². The average molecular weight is 738 g/mol. The highest BCUT2D eigenvalue weighted by Crippen LogP contribution is 2.32. The Morgan fingerprint density at radius 3 is 2.25 bits per heavy atom. The average Bonchev–Trinajstić information content (AvgIpc) is 3.64. The van der Waals surface area contributed by atoms with Gasteiger partial charge in [0.2, 0.25) is 0 Å². The second-order valence-corrected chi connectivity index (χ2v) is 14.5. The molecule has 0 aliphatic heterocycles. The van der Waals surface area contributed by atoms with Crippen molar-refractivity contribution in [2.75, 3.05) is 27.7 Å². The minimum absolute atomic E-state index is 0.0299. The maximum absolute atomic E-state index is 13.8. The third-order valence-corrected chi connectivity index (χ3v) is 8.59. The first-order valence-electron chi connectivity index (χ1n) is 15.9. The van der Waals surface area contributed by atoms with E-state index in [0.717, 1.165) is 33.4 Å². The van der Waals surface area contributed by atoms with Gasteiger partial charge in [-0.3, -0.25) is 4.57 Å². The monoisotopic (exact) mass is 737 g/mol. The zero-order valence-corrected chi connectivity index (χ0v) is 30.2. The minimum Gasteiger partial charge on any atom is -0.744 e. The first-order valence-corrected chi connectivity index (χ1v) is 17.4. The number of imidazole rings is 1. The summed E-state index contributed by atoms with van der Waals surface area (Å²) in [5.41, 5.74) is 0.998. The molecule has 5 rings (SSSR count). The second kappa shape index (κ2) is 15.4. The van der Waals surface area contributed by atoms with E-state index >= 15 is 0 Å². The first kappa shape index (κ1) is 39.3. The van der Waals surface area contributed by atoms with Crippen molar-refractivity contribution >= 4 is 16.1 Å². The topological polar surface area (TPSA) is 155 Å². The molecule has 0 spiro atoms. The number of nitriles is 1. The van der Waals surface area contributed by atoms with Crippen LogP contribution in [0.25, 0.3) is 22.8 Å². The summed E-state index contributed by atoms with van der Waals surface area (Å²) in [6.07, 6.45) is -2.49. The normalized spacial score (nSPS) is 11.9. The summed E-state index contributed by atoms with van der Waals surface area (Å²) < 4.78 is 75.8. The fourth-order valence-electron chi connectivity index (χ4n) is 5.31. The van der Waals surface area contributed by atoms with Crippen molar-refractivity contribution < 1.29 is 35.4 Å². The Kier molecular flexibility index (Phi) is 11.6. The van der Waals surface area contributed by atoms with Crippen LogP contribution >= 0.6 is 0 Å². The lowest BCUT2D eigenvalue weighted by Gasteiger charge is -2.24. The molecule has 0 unspecified atom stereocenters. The summed E-state index contributed by atoms with van der Waals surface area (Å²) in [5.74, 6) is 0. The Bertz CT molecular complexity index is 2280. The van der Waals surface area contributed by atoms with Crippen LogP contribution in [-0.4, -0.2) is 76.1 Å². The van der Waals surface area contributed by atoms with Crippen molar-refractivity contribution in [1.29, 1.82) is 5.26 Å². The van der Waals surface area contributed by atoms with Gasteiger partial charge >= 0.3 is 17.9 Å². The number of quaternary nitrogens is 1. The third-order valence-electron chi connectivity index (χ3n) is 7.74. The quantitative estimate of drug-likeness (QED) is 0.163. The lowest BCUT2D eigenvalue weighted by molar-refractivity contribution is -0.870. The van der Waals surface area contributed by atoms with Gasteiger partial charge < -0.3 is 14.4 Å². The van der Waals surface area contributed by atoms with Crippen LogP contribution in [0.4, 0.5) is 18.0 Å². The molecule has 5 aromatic rings. The Hall–Kier alpha value is -5.50. The predicted molar refractivity (Wildman–Crippen MR) is 187 cm³/mol. The summed E-state index contributed by atoms with van der Waals surface area (Å²) in [4.78, 5) is 27.0. The number of hydrogen-bond acceptors (Lipinski definition) is 7. The van der Waals surface area contributed by atoms with Crippen LogP contribution in [0.2, 0.25) is 0 Å². The van der Waals surface area contributed by atoms with Crippen LogP contribution in [0.5, 0.6) is 0 Å². The Balaban J connectivity index is 0.000000521. The zero-order valence-electron chi connectivity index (χ0n) is 29.3. The lowest BCUT2D eigenvalue weighted by Crippen LogP contribution is -2.40. The molecule has 2 aromatic heterocycles. The standard InChI is InChI=1S/C30H32F3N7O2.C6H6O3S/c1-19(2)36-28(41)38-27(20(3)37(29(38)42)24-9-7-8-23(17-24)30(31,32)33)26-12-14-35-39(26)25-11-10-21(18-34)16-22(25)13-15-40(4,5)6;7-10(8,9)6-4-2-1-3-5-6/h7-12,14,16-17,19H,13,15H2,1-6H3;1-5H,(H,7,8,9). The van der Waals surface area contributed by atoms with Gasteiger partial charge in [0, 0.05) is 12.5 Å². The van der Waals surface area contributed by atoms with Crippen molar-refractivity contribution in [1.82, 2.24) is 24.2 Å². The Morgan fingerprint density at radius 1 is 1.02 bits per heavy atom. The number of likely N-dealkylation sites (N-methyl/N-ethyl adjacent to an activating group) is 1. The van der Waals surface area contributed by atoms with Crippen LogP contribution in [0, 0.1) is 18.3 Å². The largest absolute Gasteiger partial charge is 0.744 e. The fourth-order valence-corrected chi connectivity index (χ4v) is 5.80. The van der Waals surface area contributed by atoms with Gasteiger partial charge in [-0.25, -0.2) is 27.3 Å². The van der Waals surface area contributed by atoms with Gasteiger partial charge in [0.15, 0.2) is 0 Å². The number of carbonyl (C=O) groups is 1. The van der Waals surface area contributed by atoms with E-state index < -0.39 is 33.6 Å². The summed E-state index contributed by atoms with van der Waals surface area (Å²) in [6.45, 7) is 5.80. The molecule has 16 heteroatoms. The van der Waals surface area contributed by atoms with E-state index in [4.69, 9.17) is 0 Å². The molecule has 1 amide bonds. The number of aromatic nitrogens is 4. The fraction of sp³-hybridized carbons (Fsp3) is 0.278. The smallest absolute Gasteiger partial charge is 0.416 e. The number of benzene rings is 3. The molecular weight excluding hydrogens is 700 g/mol. The van der Waals surface area contributed by atoms with Gasteiger partial charge in [0.05, 0.1) is 78.7 Å². The maximum Gasteiger partial charge on any atom is 0.416 e. The summed E-state index contributed by atoms with van der Waals surface area (Å²) in [6, 6.07) is 19.6. The number of carbonyl (C=O) groups excluding carboxylic acids is 1. The highest BCUT2D eigenvalue weighted by Gasteiger charge is 2.32. The van der Waals surface area contributed by atoms with Crippen molar-refractivity contribution in [3.05, 3.63) is 118 Å². The zero-order chi connectivity index (χ0) is 38.6. The number of nitrogens with zero attached hydrogens (tertiary/aromatic N) is 6. The number of amides is 1. The summed E-state index contributed by atoms with van der Waals surface area (Å²) in [5, 5.41) is 16.8. The van der Waals surface area contributed by atoms with E-state index in [2.05, 4.69) is 37.6 Å². The van der Waals surface area contributed by atoms with Crippen molar-refractivity contribution in [2.24, 2.45) is 0 Å². The molecule has 12 nitrogen and oxygen atoms in total. The van der Waals surface area contributed by atoms with Gasteiger partial charge in [-0.05, 0) is 80.9 Å².